The molecule has 7 nitrogen and oxygen atoms in total. The van der Waals surface area contributed by atoms with Crippen LogP contribution in [-0.2, 0) is 10.2 Å². The van der Waals surface area contributed by atoms with Crippen molar-refractivity contribution < 1.29 is 24.1 Å². The van der Waals surface area contributed by atoms with Crippen molar-refractivity contribution in [3.8, 4) is 11.8 Å². The third-order valence-electron chi connectivity index (χ3n) is 6.93. The van der Waals surface area contributed by atoms with Crippen molar-refractivity contribution in [2.45, 2.75) is 63.1 Å². The third kappa shape index (κ3) is 6.24. The molecule has 3 rings (SSSR count). The molecule has 1 aliphatic heterocycles. The van der Waals surface area contributed by atoms with Gasteiger partial charge in [-0.3, -0.25) is 4.79 Å². The second kappa shape index (κ2) is 12.2. The molecule has 1 heterocycles. The Kier molecular flexibility index (Phi) is 9.66. The summed E-state index contributed by atoms with van der Waals surface area (Å²) < 4.78 is 21.3. The van der Waals surface area contributed by atoms with Crippen LogP contribution in [0.5, 0.6) is 5.75 Å². The topological polar surface area (TPSA) is 115 Å². The normalized spacial score (nSPS) is 24.1. The molecule has 5 atom stereocenters. The third-order valence-corrected chi connectivity index (χ3v) is 7.40. The van der Waals surface area contributed by atoms with E-state index in [1.807, 2.05) is 20.8 Å². The highest BCUT2D eigenvalue weighted by molar-refractivity contribution is 6.31. The summed E-state index contributed by atoms with van der Waals surface area (Å²) in [6.45, 7) is 5.69. The van der Waals surface area contributed by atoms with Gasteiger partial charge >= 0.3 is 0 Å². The Hall–Kier alpha value is -2.41. The van der Waals surface area contributed by atoms with E-state index in [2.05, 4.69) is 16.7 Å². The second-order valence-electron chi connectivity index (χ2n) is 10.8. The zero-order valence-electron chi connectivity index (χ0n) is 21.9. The van der Waals surface area contributed by atoms with Gasteiger partial charge < -0.3 is 25.6 Å². The molecule has 2 aromatic carbocycles. The summed E-state index contributed by atoms with van der Waals surface area (Å²) >= 11 is 12.5. The van der Waals surface area contributed by atoms with Gasteiger partial charge in [-0.25, -0.2) is 4.39 Å². The van der Waals surface area contributed by atoms with Gasteiger partial charge in [-0.15, -0.1) is 0 Å². The van der Waals surface area contributed by atoms with Crippen molar-refractivity contribution in [3.05, 3.63) is 63.4 Å². The number of nitriles is 1. The SMILES string of the molecule is COc1ccc(Cl)cc1C1C(C(=O)NCC[C@H](O)CO)NC(CC(C)(C)C)C1(C#N)c1ccc(Cl)cc1F. The van der Waals surface area contributed by atoms with E-state index in [-0.39, 0.29) is 29.0 Å². The summed E-state index contributed by atoms with van der Waals surface area (Å²) in [5, 5.41) is 36.5. The molecule has 0 saturated carbocycles. The smallest absolute Gasteiger partial charge is 0.237 e. The number of aliphatic hydroxyl groups excluding tert-OH is 2. The predicted molar refractivity (Wildman–Crippen MR) is 145 cm³/mol. The number of carbonyl (C=O) groups is 1. The van der Waals surface area contributed by atoms with E-state index in [0.717, 1.165) is 0 Å². The minimum atomic E-state index is -1.55. The number of hydrogen-bond acceptors (Lipinski definition) is 6. The fourth-order valence-corrected chi connectivity index (χ4v) is 5.65. The average molecular weight is 567 g/mol. The number of aliphatic hydroxyl groups is 2. The summed E-state index contributed by atoms with van der Waals surface area (Å²) in [6.07, 6.45) is -0.402. The van der Waals surface area contributed by atoms with Gasteiger partial charge in [0.15, 0.2) is 0 Å². The van der Waals surface area contributed by atoms with E-state index in [9.17, 15) is 15.2 Å². The molecule has 4 N–H and O–H groups in total. The number of nitrogens with one attached hydrogen (secondary N) is 2. The lowest BCUT2D eigenvalue weighted by Gasteiger charge is -2.37. The van der Waals surface area contributed by atoms with Gasteiger partial charge in [-0.05, 0) is 48.6 Å². The van der Waals surface area contributed by atoms with E-state index in [1.165, 1.54) is 25.3 Å². The summed E-state index contributed by atoms with van der Waals surface area (Å²) in [5.74, 6) is -1.60. The van der Waals surface area contributed by atoms with Crippen LogP contribution in [0, 0.1) is 22.6 Å². The largest absolute Gasteiger partial charge is 0.496 e. The molecular weight excluding hydrogens is 532 g/mol. The van der Waals surface area contributed by atoms with Crippen molar-refractivity contribution in [2.24, 2.45) is 5.41 Å². The van der Waals surface area contributed by atoms with E-state index in [0.29, 0.717) is 22.8 Å². The second-order valence-corrected chi connectivity index (χ2v) is 11.7. The molecule has 0 spiro atoms. The summed E-state index contributed by atoms with van der Waals surface area (Å²) in [4.78, 5) is 13.7. The standard InChI is InChI=1S/C28H34Cl2FN3O4/c1-27(2,3)13-23-28(15-32,20-7-5-17(30)12-21(20)31)24(19-11-16(29)6-8-22(19)38-4)25(34-23)26(37)33-10-9-18(36)14-35/h5-8,11-12,18,23-25,34-36H,9-10,13-14H2,1-4H3,(H,33,37)/t18-,23?,24?,25?,28?/m0/s1. The molecule has 1 aliphatic rings. The molecule has 4 unspecified atom stereocenters. The van der Waals surface area contributed by atoms with Crippen LogP contribution in [0.2, 0.25) is 10.0 Å². The fourth-order valence-electron chi connectivity index (χ4n) is 5.31. The van der Waals surface area contributed by atoms with Crippen LogP contribution in [0.25, 0.3) is 0 Å². The number of nitrogens with zero attached hydrogens (tertiary/aromatic N) is 1. The summed E-state index contributed by atoms with van der Waals surface area (Å²) in [7, 11) is 1.48. The first kappa shape index (κ1) is 30.1. The first-order valence-corrected chi connectivity index (χ1v) is 13.2. The monoisotopic (exact) mass is 565 g/mol. The van der Waals surface area contributed by atoms with Crippen molar-refractivity contribution in [1.29, 1.82) is 5.26 Å². The van der Waals surface area contributed by atoms with Gasteiger partial charge in [-0.2, -0.15) is 5.26 Å². The lowest BCUT2D eigenvalue weighted by atomic mass is 9.62. The van der Waals surface area contributed by atoms with E-state index in [1.54, 1.807) is 18.2 Å². The van der Waals surface area contributed by atoms with Crippen LogP contribution in [0.4, 0.5) is 4.39 Å². The Morgan fingerprint density at radius 1 is 1.26 bits per heavy atom. The fraction of sp³-hybridized carbons (Fsp3) is 0.500. The van der Waals surface area contributed by atoms with Gasteiger partial charge in [-0.1, -0.05) is 50.0 Å². The first-order chi connectivity index (χ1) is 17.9. The number of rotatable bonds is 9. The van der Waals surface area contributed by atoms with E-state index >= 15 is 4.39 Å². The van der Waals surface area contributed by atoms with Gasteiger partial charge in [0, 0.05) is 39.7 Å². The minimum absolute atomic E-state index is 0.0942. The zero-order chi connectivity index (χ0) is 28.3. The molecular formula is C28H34Cl2FN3O4. The summed E-state index contributed by atoms with van der Waals surface area (Å²) in [5.41, 5.74) is -1.24. The van der Waals surface area contributed by atoms with Crippen molar-refractivity contribution in [1.82, 2.24) is 10.6 Å². The molecule has 1 amide bonds. The number of hydrogen-bond donors (Lipinski definition) is 4. The maximum Gasteiger partial charge on any atom is 0.237 e. The quantitative estimate of drug-likeness (QED) is 0.360. The number of methoxy groups -OCH3 is 1. The molecule has 1 saturated heterocycles. The highest BCUT2D eigenvalue weighted by Gasteiger charge is 2.61. The van der Waals surface area contributed by atoms with Crippen LogP contribution in [0.3, 0.4) is 0 Å². The molecule has 206 valence electrons. The van der Waals surface area contributed by atoms with Gasteiger partial charge in [0.25, 0.3) is 0 Å². The molecule has 2 aromatic rings. The molecule has 0 bridgehead atoms. The number of ether oxygens (including phenoxy) is 1. The van der Waals surface area contributed by atoms with Crippen molar-refractivity contribution >= 4 is 29.1 Å². The lowest BCUT2D eigenvalue weighted by molar-refractivity contribution is -0.123. The van der Waals surface area contributed by atoms with Gasteiger partial charge in [0.2, 0.25) is 5.91 Å². The van der Waals surface area contributed by atoms with E-state index < -0.39 is 47.9 Å². The number of carbonyl (C=O) groups excluding carboxylic acids is 1. The van der Waals surface area contributed by atoms with Crippen LogP contribution >= 0.6 is 23.2 Å². The minimum Gasteiger partial charge on any atom is -0.496 e. The zero-order valence-corrected chi connectivity index (χ0v) is 23.4. The molecule has 0 aliphatic carbocycles. The average Bonchev–Trinajstić information content (AvgIpc) is 3.16. The molecule has 38 heavy (non-hydrogen) atoms. The van der Waals surface area contributed by atoms with Crippen molar-refractivity contribution in [3.63, 3.8) is 0 Å². The Balaban J connectivity index is 2.27. The number of amides is 1. The molecule has 0 radical (unpaired) electrons. The van der Waals surface area contributed by atoms with Crippen LogP contribution in [-0.4, -0.2) is 54.6 Å². The molecule has 10 heteroatoms. The highest BCUT2D eigenvalue weighted by Crippen LogP contribution is 2.53. The van der Waals surface area contributed by atoms with Crippen molar-refractivity contribution in [2.75, 3.05) is 20.3 Å². The summed E-state index contributed by atoms with van der Waals surface area (Å²) in [6, 6.07) is 9.93. The first-order valence-electron chi connectivity index (χ1n) is 12.4. The lowest BCUT2D eigenvalue weighted by Crippen LogP contribution is -2.46. The Labute approximate surface area is 232 Å². The number of halogens is 3. The highest BCUT2D eigenvalue weighted by atomic mass is 35.5. The Bertz CT molecular complexity index is 1200. The Morgan fingerprint density at radius 3 is 2.50 bits per heavy atom. The van der Waals surface area contributed by atoms with Crippen LogP contribution < -0.4 is 15.4 Å². The number of benzene rings is 2. The van der Waals surface area contributed by atoms with Gasteiger partial charge in [0.05, 0.1) is 31.9 Å². The predicted octanol–water partition coefficient (Wildman–Crippen LogP) is 4.32. The van der Waals surface area contributed by atoms with Crippen LogP contribution in [0.1, 0.15) is 50.7 Å². The van der Waals surface area contributed by atoms with E-state index in [4.69, 9.17) is 33.0 Å². The maximum absolute atomic E-state index is 15.7. The molecule has 1 fully saturated rings. The maximum atomic E-state index is 15.7. The Morgan fingerprint density at radius 2 is 1.92 bits per heavy atom. The van der Waals surface area contributed by atoms with Gasteiger partial charge in [0.1, 0.15) is 17.0 Å². The molecule has 0 aromatic heterocycles. The van der Waals surface area contributed by atoms with Crippen LogP contribution in [0.15, 0.2) is 36.4 Å².